The Labute approximate surface area is 114 Å². The van der Waals surface area contributed by atoms with Gasteiger partial charge in [-0.05, 0) is 17.7 Å². The van der Waals surface area contributed by atoms with Gasteiger partial charge in [0.1, 0.15) is 0 Å². The minimum absolute atomic E-state index is 0.141. The molecule has 0 amide bonds. The molecule has 0 radical (unpaired) electrons. The van der Waals surface area contributed by atoms with Gasteiger partial charge in [0.25, 0.3) is 0 Å². The summed E-state index contributed by atoms with van der Waals surface area (Å²) in [6, 6.07) is 5.15. The molecule has 0 saturated carbocycles. The molecule has 0 atom stereocenters. The van der Waals surface area contributed by atoms with Gasteiger partial charge in [-0.1, -0.05) is 22.0 Å². The fourth-order valence-corrected chi connectivity index (χ4v) is 1.83. The lowest BCUT2D eigenvalue weighted by Gasteiger charge is -2.07. The smallest absolute Gasteiger partial charge is 0.337 e. The minimum Gasteiger partial charge on any atom is -0.468 e. The summed E-state index contributed by atoms with van der Waals surface area (Å²) in [5.74, 6) is -0.706. The molecule has 0 bridgehead atoms. The van der Waals surface area contributed by atoms with Crippen LogP contribution in [0.5, 0.6) is 0 Å². The second kappa shape index (κ2) is 7.13. The maximum absolute atomic E-state index is 11.3. The lowest BCUT2D eigenvalue weighted by Crippen LogP contribution is -2.23. The second-order valence-corrected chi connectivity index (χ2v) is 4.33. The van der Waals surface area contributed by atoms with E-state index in [1.165, 1.54) is 14.2 Å². The Bertz CT molecular complexity index is 448. The van der Waals surface area contributed by atoms with Crippen LogP contribution >= 0.6 is 15.9 Å². The Kier molecular flexibility index (Phi) is 5.80. The van der Waals surface area contributed by atoms with Gasteiger partial charge in [-0.2, -0.15) is 0 Å². The number of esters is 2. The fourth-order valence-electron chi connectivity index (χ4n) is 1.31. The zero-order chi connectivity index (χ0) is 13.5. The molecular formula is C12H14BrNO4. The number of benzene rings is 1. The second-order valence-electron chi connectivity index (χ2n) is 3.48. The molecule has 0 aliphatic heterocycles. The maximum atomic E-state index is 11.3. The Hall–Kier alpha value is -1.40. The van der Waals surface area contributed by atoms with Gasteiger partial charge >= 0.3 is 11.9 Å². The van der Waals surface area contributed by atoms with Crippen molar-refractivity contribution in [1.29, 1.82) is 0 Å². The summed E-state index contributed by atoms with van der Waals surface area (Å²) in [4.78, 5) is 22.2. The van der Waals surface area contributed by atoms with Crippen LogP contribution in [0.4, 0.5) is 0 Å². The first kappa shape index (κ1) is 14.7. The SMILES string of the molecule is COC(=O)CNCc1ccc(C(=O)OC)cc1Br. The first-order valence-electron chi connectivity index (χ1n) is 5.22. The van der Waals surface area contributed by atoms with Gasteiger partial charge in [0.2, 0.25) is 0 Å². The van der Waals surface area contributed by atoms with E-state index >= 15 is 0 Å². The number of carbonyl (C=O) groups is 2. The molecule has 0 aromatic heterocycles. The summed E-state index contributed by atoms with van der Waals surface area (Å²) in [5, 5.41) is 2.94. The molecular weight excluding hydrogens is 302 g/mol. The lowest BCUT2D eigenvalue weighted by atomic mass is 10.1. The van der Waals surface area contributed by atoms with Crippen molar-refractivity contribution in [2.24, 2.45) is 0 Å². The molecule has 1 N–H and O–H groups in total. The zero-order valence-electron chi connectivity index (χ0n) is 10.2. The van der Waals surface area contributed by atoms with E-state index in [4.69, 9.17) is 0 Å². The summed E-state index contributed by atoms with van der Waals surface area (Å²) in [6.07, 6.45) is 0. The summed E-state index contributed by atoms with van der Waals surface area (Å²) in [5.41, 5.74) is 1.41. The van der Waals surface area contributed by atoms with Crippen molar-refractivity contribution >= 4 is 27.9 Å². The van der Waals surface area contributed by atoms with E-state index in [1.807, 2.05) is 0 Å². The average Bonchev–Trinajstić information content (AvgIpc) is 2.39. The summed E-state index contributed by atoms with van der Waals surface area (Å²) in [7, 11) is 2.67. The molecule has 0 aliphatic carbocycles. The monoisotopic (exact) mass is 315 g/mol. The van der Waals surface area contributed by atoms with Crippen LogP contribution in [0.3, 0.4) is 0 Å². The molecule has 1 aromatic rings. The van der Waals surface area contributed by atoms with E-state index in [1.54, 1.807) is 18.2 Å². The average molecular weight is 316 g/mol. The standard InChI is InChI=1S/C12H14BrNO4/c1-17-11(15)7-14-6-9-4-3-8(5-10(9)13)12(16)18-2/h3-5,14H,6-7H2,1-2H3. The molecule has 5 nitrogen and oxygen atoms in total. The predicted molar refractivity (Wildman–Crippen MR) is 69.2 cm³/mol. The molecule has 0 saturated heterocycles. The van der Waals surface area contributed by atoms with Crippen LogP contribution in [-0.2, 0) is 20.8 Å². The maximum Gasteiger partial charge on any atom is 0.337 e. The van der Waals surface area contributed by atoms with Crippen molar-refractivity contribution in [2.75, 3.05) is 20.8 Å². The highest BCUT2D eigenvalue weighted by Crippen LogP contribution is 2.19. The van der Waals surface area contributed by atoms with E-state index in [2.05, 4.69) is 30.7 Å². The molecule has 0 unspecified atom stereocenters. The van der Waals surface area contributed by atoms with E-state index in [9.17, 15) is 9.59 Å². The highest BCUT2D eigenvalue weighted by atomic mass is 79.9. The number of hydrogen-bond acceptors (Lipinski definition) is 5. The Balaban J connectivity index is 2.63. The predicted octanol–water partition coefficient (Wildman–Crippen LogP) is 1.50. The van der Waals surface area contributed by atoms with Crippen LogP contribution in [-0.4, -0.2) is 32.7 Å². The van der Waals surface area contributed by atoms with Crippen molar-refractivity contribution < 1.29 is 19.1 Å². The van der Waals surface area contributed by atoms with Crippen LogP contribution < -0.4 is 5.32 Å². The highest BCUT2D eigenvalue weighted by Gasteiger charge is 2.08. The van der Waals surface area contributed by atoms with Gasteiger partial charge in [-0.3, -0.25) is 4.79 Å². The van der Waals surface area contributed by atoms with Crippen molar-refractivity contribution in [1.82, 2.24) is 5.32 Å². The largest absolute Gasteiger partial charge is 0.468 e. The number of rotatable bonds is 5. The molecule has 0 spiro atoms. The molecule has 1 aromatic carbocycles. The van der Waals surface area contributed by atoms with Gasteiger partial charge in [-0.15, -0.1) is 0 Å². The number of halogens is 1. The van der Waals surface area contributed by atoms with Crippen molar-refractivity contribution in [3.05, 3.63) is 33.8 Å². The molecule has 18 heavy (non-hydrogen) atoms. The first-order chi connectivity index (χ1) is 8.58. The topological polar surface area (TPSA) is 64.6 Å². The highest BCUT2D eigenvalue weighted by molar-refractivity contribution is 9.10. The quantitative estimate of drug-likeness (QED) is 0.834. The molecule has 0 aliphatic rings. The van der Waals surface area contributed by atoms with Gasteiger partial charge in [0.15, 0.2) is 0 Å². The van der Waals surface area contributed by atoms with Crippen LogP contribution in [0.15, 0.2) is 22.7 Å². The van der Waals surface area contributed by atoms with Gasteiger partial charge in [-0.25, -0.2) is 4.79 Å². The third-order valence-corrected chi connectivity index (χ3v) is 3.02. The fraction of sp³-hybridized carbons (Fsp3) is 0.333. The molecule has 1 rings (SSSR count). The van der Waals surface area contributed by atoms with E-state index in [0.717, 1.165) is 10.0 Å². The number of carbonyl (C=O) groups excluding carboxylic acids is 2. The Morgan fingerprint density at radius 2 is 2.00 bits per heavy atom. The van der Waals surface area contributed by atoms with Crippen LogP contribution in [0.25, 0.3) is 0 Å². The molecule has 0 heterocycles. The molecule has 6 heteroatoms. The number of nitrogens with one attached hydrogen (secondary N) is 1. The van der Waals surface area contributed by atoms with Crippen molar-refractivity contribution in [3.8, 4) is 0 Å². The van der Waals surface area contributed by atoms with Crippen LogP contribution in [0.2, 0.25) is 0 Å². The third-order valence-electron chi connectivity index (χ3n) is 2.29. The zero-order valence-corrected chi connectivity index (χ0v) is 11.7. The van der Waals surface area contributed by atoms with E-state index in [-0.39, 0.29) is 18.5 Å². The molecule has 98 valence electrons. The van der Waals surface area contributed by atoms with E-state index < -0.39 is 0 Å². The van der Waals surface area contributed by atoms with Crippen molar-refractivity contribution in [3.63, 3.8) is 0 Å². The number of methoxy groups -OCH3 is 2. The summed E-state index contributed by atoms with van der Waals surface area (Å²) in [6.45, 7) is 0.638. The summed E-state index contributed by atoms with van der Waals surface area (Å²) >= 11 is 3.36. The van der Waals surface area contributed by atoms with Crippen molar-refractivity contribution in [2.45, 2.75) is 6.54 Å². The van der Waals surface area contributed by atoms with Crippen LogP contribution in [0.1, 0.15) is 15.9 Å². The minimum atomic E-state index is -0.384. The van der Waals surface area contributed by atoms with Crippen LogP contribution in [0, 0.1) is 0 Å². The third kappa shape index (κ3) is 4.12. The Morgan fingerprint density at radius 3 is 2.56 bits per heavy atom. The van der Waals surface area contributed by atoms with Gasteiger partial charge < -0.3 is 14.8 Å². The first-order valence-corrected chi connectivity index (χ1v) is 6.02. The summed E-state index contributed by atoms with van der Waals surface area (Å²) < 4.78 is 9.91. The number of ether oxygens (including phenoxy) is 2. The lowest BCUT2D eigenvalue weighted by molar-refractivity contribution is -0.139. The normalized spacial score (nSPS) is 9.94. The molecule has 0 fully saturated rings. The number of hydrogen-bond donors (Lipinski definition) is 1. The van der Waals surface area contributed by atoms with Gasteiger partial charge in [0.05, 0.1) is 26.3 Å². The van der Waals surface area contributed by atoms with E-state index in [0.29, 0.717) is 12.1 Å². The Morgan fingerprint density at radius 1 is 1.28 bits per heavy atom. The van der Waals surface area contributed by atoms with Gasteiger partial charge in [0, 0.05) is 11.0 Å².